The maximum absolute atomic E-state index is 6.33. The van der Waals surface area contributed by atoms with Gasteiger partial charge in [-0.1, -0.05) is 30.3 Å². The average Bonchev–Trinajstić information content (AvgIpc) is 3.05. The van der Waals surface area contributed by atoms with Crippen molar-refractivity contribution in [3.8, 4) is 11.5 Å². The number of hydrogen-bond acceptors (Lipinski definition) is 3. The molecule has 94 valence electrons. The summed E-state index contributed by atoms with van der Waals surface area (Å²) in [5.41, 5.74) is 10.00. The van der Waals surface area contributed by atoms with E-state index in [-0.39, 0.29) is 5.54 Å². The van der Waals surface area contributed by atoms with E-state index in [0.717, 1.165) is 35.1 Å². The van der Waals surface area contributed by atoms with Crippen LogP contribution in [-0.4, -0.2) is 4.98 Å². The predicted octanol–water partition coefficient (Wildman–Crippen LogP) is 3.44. The number of hydrogen-bond donors (Lipinski definition) is 1. The molecule has 1 aliphatic carbocycles. The Labute approximate surface area is 111 Å². The number of para-hydroxylation sites is 2. The van der Waals surface area contributed by atoms with Crippen LogP contribution in [0.3, 0.4) is 0 Å². The fraction of sp³-hybridized carbons (Fsp3) is 0.188. The van der Waals surface area contributed by atoms with Crippen molar-refractivity contribution in [3.63, 3.8) is 0 Å². The number of benzene rings is 2. The maximum Gasteiger partial charge on any atom is 0.227 e. The summed E-state index contributed by atoms with van der Waals surface area (Å²) in [4.78, 5) is 4.56. The highest BCUT2D eigenvalue weighted by atomic mass is 16.3. The SMILES string of the molecule is NC1(c2ccccc2-c2nc3ccccc3o2)CC1. The van der Waals surface area contributed by atoms with Gasteiger partial charge in [-0.3, -0.25) is 0 Å². The number of rotatable bonds is 2. The smallest absolute Gasteiger partial charge is 0.227 e. The summed E-state index contributed by atoms with van der Waals surface area (Å²) in [5, 5.41) is 0. The molecule has 1 heterocycles. The second kappa shape index (κ2) is 3.68. The fourth-order valence-electron chi connectivity index (χ4n) is 2.50. The molecule has 1 aromatic heterocycles. The van der Waals surface area contributed by atoms with Crippen LogP contribution in [-0.2, 0) is 5.54 Å². The van der Waals surface area contributed by atoms with E-state index in [9.17, 15) is 0 Å². The van der Waals surface area contributed by atoms with Gasteiger partial charge in [-0.2, -0.15) is 0 Å². The third-order valence-corrected chi connectivity index (χ3v) is 3.78. The zero-order chi connectivity index (χ0) is 12.9. The molecule has 1 fully saturated rings. The molecule has 3 nitrogen and oxygen atoms in total. The molecule has 2 aromatic carbocycles. The Morgan fingerprint density at radius 1 is 1.00 bits per heavy atom. The van der Waals surface area contributed by atoms with Crippen LogP contribution in [0, 0.1) is 0 Å². The van der Waals surface area contributed by atoms with Crippen molar-refractivity contribution in [1.82, 2.24) is 4.98 Å². The van der Waals surface area contributed by atoms with Gasteiger partial charge in [0.25, 0.3) is 0 Å². The van der Waals surface area contributed by atoms with Crippen molar-refractivity contribution in [3.05, 3.63) is 54.1 Å². The van der Waals surface area contributed by atoms with E-state index >= 15 is 0 Å². The summed E-state index contributed by atoms with van der Waals surface area (Å²) in [6, 6.07) is 15.9. The van der Waals surface area contributed by atoms with Crippen LogP contribution < -0.4 is 5.73 Å². The van der Waals surface area contributed by atoms with Gasteiger partial charge >= 0.3 is 0 Å². The van der Waals surface area contributed by atoms with Crippen molar-refractivity contribution in [2.75, 3.05) is 0 Å². The summed E-state index contributed by atoms with van der Waals surface area (Å²) < 4.78 is 5.85. The highest BCUT2D eigenvalue weighted by Gasteiger charge is 2.42. The molecule has 0 amide bonds. The van der Waals surface area contributed by atoms with Gasteiger partial charge in [-0.15, -0.1) is 0 Å². The first-order valence-corrected chi connectivity index (χ1v) is 6.51. The molecule has 0 spiro atoms. The average molecular weight is 250 g/mol. The molecule has 4 rings (SSSR count). The van der Waals surface area contributed by atoms with Gasteiger partial charge in [0.15, 0.2) is 5.58 Å². The van der Waals surface area contributed by atoms with Crippen LogP contribution in [0.2, 0.25) is 0 Å². The standard InChI is InChI=1S/C16H14N2O/c17-16(9-10-16)12-6-2-1-5-11(12)15-18-13-7-3-4-8-14(13)19-15/h1-8H,9-10,17H2. The highest BCUT2D eigenvalue weighted by molar-refractivity contribution is 5.77. The molecule has 0 radical (unpaired) electrons. The second-order valence-corrected chi connectivity index (χ2v) is 5.19. The van der Waals surface area contributed by atoms with E-state index in [0.29, 0.717) is 5.89 Å². The van der Waals surface area contributed by atoms with Crippen LogP contribution in [0.4, 0.5) is 0 Å². The summed E-state index contributed by atoms with van der Waals surface area (Å²) in [5.74, 6) is 0.661. The zero-order valence-electron chi connectivity index (χ0n) is 10.5. The summed E-state index contributed by atoms with van der Waals surface area (Å²) in [6.45, 7) is 0. The molecule has 1 saturated carbocycles. The lowest BCUT2D eigenvalue weighted by Gasteiger charge is -2.12. The topological polar surface area (TPSA) is 52.0 Å². The number of aromatic nitrogens is 1. The minimum absolute atomic E-state index is 0.183. The summed E-state index contributed by atoms with van der Waals surface area (Å²) >= 11 is 0. The van der Waals surface area contributed by atoms with E-state index in [1.54, 1.807) is 0 Å². The molecule has 0 bridgehead atoms. The molecular weight excluding hydrogens is 236 g/mol. The van der Waals surface area contributed by atoms with Gasteiger partial charge in [-0.05, 0) is 36.6 Å². The molecular formula is C16H14N2O. The zero-order valence-corrected chi connectivity index (χ0v) is 10.5. The van der Waals surface area contributed by atoms with E-state index in [1.165, 1.54) is 0 Å². The van der Waals surface area contributed by atoms with Crippen LogP contribution >= 0.6 is 0 Å². The van der Waals surface area contributed by atoms with E-state index in [1.807, 2.05) is 42.5 Å². The van der Waals surface area contributed by atoms with Crippen molar-refractivity contribution in [1.29, 1.82) is 0 Å². The molecule has 3 aromatic rings. The molecule has 2 N–H and O–H groups in total. The number of nitrogens with zero attached hydrogens (tertiary/aromatic N) is 1. The molecule has 0 atom stereocenters. The van der Waals surface area contributed by atoms with E-state index in [4.69, 9.17) is 10.2 Å². The Bertz CT molecular complexity index is 723. The van der Waals surface area contributed by atoms with E-state index in [2.05, 4.69) is 11.1 Å². The lowest BCUT2D eigenvalue weighted by atomic mass is 9.99. The van der Waals surface area contributed by atoms with Gasteiger partial charge < -0.3 is 10.2 Å². The number of nitrogens with two attached hydrogens (primary N) is 1. The van der Waals surface area contributed by atoms with E-state index < -0.39 is 0 Å². The van der Waals surface area contributed by atoms with Crippen molar-refractivity contribution in [2.45, 2.75) is 18.4 Å². The third-order valence-electron chi connectivity index (χ3n) is 3.78. The van der Waals surface area contributed by atoms with Gasteiger partial charge in [-0.25, -0.2) is 4.98 Å². The Kier molecular flexibility index (Phi) is 2.09. The van der Waals surface area contributed by atoms with Gasteiger partial charge in [0.2, 0.25) is 5.89 Å². The number of oxazole rings is 1. The molecule has 0 aliphatic heterocycles. The van der Waals surface area contributed by atoms with Gasteiger partial charge in [0, 0.05) is 11.1 Å². The predicted molar refractivity (Wildman–Crippen MR) is 74.5 cm³/mol. The van der Waals surface area contributed by atoms with Crippen LogP contribution in [0.5, 0.6) is 0 Å². The Morgan fingerprint density at radius 3 is 2.53 bits per heavy atom. The monoisotopic (exact) mass is 250 g/mol. The Hall–Kier alpha value is -2.13. The first-order chi connectivity index (χ1) is 9.26. The summed E-state index contributed by atoms with van der Waals surface area (Å²) in [6.07, 6.45) is 2.06. The first-order valence-electron chi connectivity index (χ1n) is 6.51. The molecule has 0 saturated heterocycles. The lowest BCUT2D eigenvalue weighted by Crippen LogP contribution is -2.19. The largest absolute Gasteiger partial charge is 0.436 e. The van der Waals surface area contributed by atoms with Crippen LogP contribution in [0.1, 0.15) is 18.4 Å². The van der Waals surface area contributed by atoms with Crippen molar-refractivity contribution in [2.24, 2.45) is 5.73 Å². The fourth-order valence-corrected chi connectivity index (χ4v) is 2.50. The van der Waals surface area contributed by atoms with Crippen molar-refractivity contribution < 1.29 is 4.42 Å². The van der Waals surface area contributed by atoms with Gasteiger partial charge in [0.1, 0.15) is 5.52 Å². The number of fused-ring (bicyclic) bond motifs is 1. The van der Waals surface area contributed by atoms with Gasteiger partial charge in [0.05, 0.1) is 0 Å². The minimum atomic E-state index is -0.183. The Balaban J connectivity index is 1.92. The van der Waals surface area contributed by atoms with Crippen LogP contribution in [0.15, 0.2) is 52.9 Å². The normalized spacial score (nSPS) is 16.7. The third kappa shape index (κ3) is 1.66. The maximum atomic E-state index is 6.33. The minimum Gasteiger partial charge on any atom is -0.436 e. The highest BCUT2D eigenvalue weighted by Crippen LogP contribution is 2.46. The first kappa shape index (κ1) is 10.8. The molecule has 0 unspecified atom stereocenters. The second-order valence-electron chi connectivity index (χ2n) is 5.19. The molecule has 1 aliphatic rings. The molecule has 3 heteroatoms. The Morgan fingerprint density at radius 2 is 1.74 bits per heavy atom. The quantitative estimate of drug-likeness (QED) is 0.758. The van der Waals surface area contributed by atoms with Crippen LogP contribution in [0.25, 0.3) is 22.6 Å². The lowest BCUT2D eigenvalue weighted by molar-refractivity contribution is 0.615. The summed E-state index contributed by atoms with van der Waals surface area (Å²) in [7, 11) is 0. The molecule has 19 heavy (non-hydrogen) atoms. The van der Waals surface area contributed by atoms with Crippen molar-refractivity contribution >= 4 is 11.1 Å².